The number of carbonyl (C=O) groups excluding carboxylic acids is 3. The van der Waals surface area contributed by atoms with Crippen LogP contribution in [0.3, 0.4) is 0 Å². The Morgan fingerprint density at radius 3 is 2.50 bits per heavy atom. The molecule has 0 saturated carbocycles. The van der Waals surface area contributed by atoms with Gasteiger partial charge in [-0.2, -0.15) is 4.99 Å². The summed E-state index contributed by atoms with van der Waals surface area (Å²) in [6.45, 7) is 2.45. The first-order chi connectivity index (χ1) is 20.3. The monoisotopic (exact) mass is 572 g/mol. The Bertz CT molecular complexity index is 1580. The number of carbonyl (C=O) groups is 3. The molecule has 0 aliphatic rings. The zero-order valence-corrected chi connectivity index (χ0v) is 23.6. The Morgan fingerprint density at radius 2 is 1.81 bits per heavy atom. The molecular weight excluding hydrogens is 540 g/mol. The van der Waals surface area contributed by atoms with Crippen molar-refractivity contribution in [1.29, 1.82) is 0 Å². The van der Waals surface area contributed by atoms with E-state index < -0.39 is 12.1 Å². The third kappa shape index (κ3) is 7.27. The third-order valence-corrected chi connectivity index (χ3v) is 6.32. The number of benzene rings is 2. The van der Waals surface area contributed by atoms with E-state index in [0.717, 1.165) is 5.52 Å². The molecule has 0 aliphatic carbocycles. The normalized spacial score (nSPS) is 11.3. The van der Waals surface area contributed by atoms with E-state index in [1.165, 1.54) is 12.0 Å². The number of amides is 2. The fourth-order valence-corrected chi connectivity index (χ4v) is 4.06. The number of amidine groups is 1. The fraction of sp³-hybridized carbons (Fsp3) is 0.267. The van der Waals surface area contributed by atoms with E-state index >= 15 is 0 Å². The van der Waals surface area contributed by atoms with Crippen molar-refractivity contribution in [3.63, 3.8) is 0 Å². The van der Waals surface area contributed by atoms with Gasteiger partial charge in [0.2, 0.25) is 0 Å². The maximum absolute atomic E-state index is 13.5. The average molecular weight is 573 g/mol. The lowest BCUT2D eigenvalue weighted by molar-refractivity contribution is -0.140. The van der Waals surface area contributed by atoms with Gasteiger partial charge in [0.15, 0.2) is 0 Å². The second-order valence-corrected chi connectivity index (χ2v) is 9.19. The Kier molecular flexibility index (Phi) is 9.82. The van der Waals surface area contributed by atoms with Gasteiger partial charge in [0.25, 0.3) is 5.91 Å². The van der Waals surface area contributed by atoms with Crippen molar-refractivity contribution in [1.82, 2.24) is 14.5 Å². The lowest BCUT2D eigenvalue weighted by Crippen LogP contribution is -2.33. The van der Waals surface area contributed by atoms with Crippen molar-refractivity contribution < 1.29 is 28.6 Å². The highest BCUT2D eigenvalue weighted by molar-refractivity contribution is 6.07. The topological polar surface area (TPSA) is 151 Å². The highest BCUT2D eigenvalue weighted by atomic mass is 16.5. The molecular formula is C30H32N6O6. The van der Waals surface area contributed by atoms with Gasteiger partial charge in [-0.1, -0.05) is 13.0 Å². The number of aryl methyl sites for hydroxylation is 1. The van der Waals surface area contributed by atoms with Crippen LogP contribution in [0.4, 0.5) is 10.6 Å². The first kappa shape index (κ1) is 29.7. The molecule has 4 aromatic rings. The maximum atomic E-state index is 13.5. The minimum absolute atomic E-state index is 0.0258. The van der Waals surface area contributed by atoms with Crippen LogP contribution in [0.5, 0.6) is 5.75 Å². The van der Waals surface area contributed by atoms with Crippen LogP contribution in [0.2, 0.25) is 0 Å². The number of anilines is 1. The van der Waals surface area contributed by atoms with Crippen LogP contribution in [-0.4, -0.2) is 58.6 Å². The minimum Gasteiger partial charge on any atom is -0.486 e. The first-order valence-corrected chi connectivity index (χ1v) is 13.3. The summed E-state index contributed by atoms with van der Waals surface area (Å²) in [5, 5.41) is 0. The molecule has 2 N–H and O–H groups in total. The third-order valence-electron chi connectivity index (χ3n) is 6.32. The maximum Gasteiger partial charge on any atom is 0.435 e. The Balaban J connectivity index is 1.47. The molecule has 0 bridgehead atoms. The van der Waals surface area contributed by atoms with E-state index in [-0.39, 0.29) is 37.9 Å². The molecule has 12 nitrogen and oxygen atoms in total. The Labute approximate surface area is 242 Å². The summed E-state index contributed by atoms with van der Waals surface area (Å²) in [7, 11) is 3.17. The summed E-state index contributed by atoms with van der Waals surface area (Å²) >= 11 is 0. The van der Waals surface area contributed by atoms with Gasteiger partial charge in [0.05, 0.1) is 31.2 Å². The molecule has 0 unspecified atom stereocenters. The highest BCUT2D eigenvalue weighted by Crippen LogP contribution is 2.22. The van der Waals surface area contributed by atoms with Gasteiger partial charge in [-0.3, -0.25) is 14.5 Å². The highest BCUT2D eigenvalue weighted by Gasteiger charge is 2.21. The molecule has 0 saturated heterocycles. The SMILES string of the molecule is CCCOC(=O)/N=C(/N)c1ccc(OCc2nc3cc(C(=O)N(CCC(=O)OC)c4ccccn4)ccc3n2C)cc1. The number of nitrogens with two attached hydrogens (primary N) is 1. The fourth-order valence-electron chi connectivity index (χ4n) is 4.06. The van der Waals surface area contributed by atoms with E-state index in [9.17, 15) is 14.4 Å². The van der Waals surface area contributed by atoms with Crippen LogP contribution < -0.4 is 15.4 Å². The van der Waals surface area contributed by atoms with Gasteiger partial charge < -0.3 is 24.5 Å². The van der Waals surface area contributed by atoms with Crippen molar-refractivity contribution in [2.75, 3.05) is 25.2 Å². The molecule has 2 aromatic heterocycles. The van der Waals surface area contributed by atoms with Crippen LogP contribution in [0.25, 0.3) is 11.0 Å². The van der Waals surface area contributed by atoms with Crippen LogP contribution >= 0.6 is 0 Å². The quantitative estimate of drug-likeness (QED) is 0.160. The van der Waals surface area contributed by atoms with Crippen molar-refractivity contribution >= 4 is 40.7 Å². The summed E-state index contributed by atoms with van der Waals surface area (Å²) in [5.74, 6) is 0.953. The number of fused-ring (bicyclic) bond motifs is 1. The minimum atomic E-state index is -0.730. The van der Waals surface area contributed by atoms with Gasteiger partial charge in [-0.15, -0.1) is 0 Å². The van der Waals surface area contributed by atoms with Gasteiger partial charge in [-0.25, -0.2) is 14.8 Å². The number of pyridine rings is 1. The summed E-state index contributed by atoms with van der Waals surface area (Å²) in [6, 6.07) is 17.3. The second kappa shape index (κ2) is 13.9. The summed E-state index contributed by atoms with van der Waals surface area (Å²) in [6.07, 6.45) is 1.58. The summed E-state index contributed by atoms with van der Waals surface area (Å²) in [5.41, 5.74) is 8.30. The predicted molar refractivity (Wildman–Crippen MR) is 156 cm³/mol. The molecule has 2 amide bonds. The Morgan fingerprint density at radius 1 is 1.05 bits per heavy atom. The number of nitrogens with zero attached hydrogens (tertiary/aromatic N) is 5. The van der Waals surface area contributed by atoms with Crippen LogP contribution in [0.15, 0.2) is 71.9 Å². The molecule has 12 heteroatoms. The van der Waals surface area contributed by atoms with Crippen molar-refractivity contribution in [3.05, 3.63) is 83.8 Å². The van der Waals surface area contributed by atoms with Gasteiger partial charge in [-0.05, 0) is 61.0 Å². The van der Waals surface area contributed by atoms with Crippen LogP contribution in [0, 0.1) is 0 Å². The summed E-state index contributed by atoms with van der Waals surface area (Å²) in [4.78, 5) is 51.1. The Hall–Kier alpha value is -5.26. The van der Waals surface area contributed by atoms with Crippen LogP contribution in [0.1, 0.15) is 41.5 Å². The van der Waals surface area contributed by atoms with Gasteiger partial charge in [0.1, 0.15) is 29.8 Å². The van der Waals surface area contributed by atoms with E-state index in [0.29, 0.717) is 40.5 Å². The number of aliphatic imine (C=N–C) groups is 1. The molecule has 2 heterocycles. The molecule has 42 heavy (non-hydrogen) atoms. The summed E-state index contributed by atoms with van der Waals surface area (Å²) < 4.78 is 17.5. The lowest BCUT2D eigenvalue weighted by Gasteiger charge is -2.21. The van der Waals surface area contributed by atoms with Crippen molar-refractivity contribution in [2.24, 2.45) is 17.8 Å². The molecule has 0 atom stereocenters. The molecule has 218 valence electrons. The smallest absolute Gasteiger partial charge is 0.435 e. The number of rotatable bonds is 11. The molecule has 0 spiro atoms. The molecule has 4 rings (SSSR count). The number of imidazole rings is 1. The van der Waals surface area contributed by atoms with Crippen LogP contribution in [-0.2, 0) is 27.9 Å². The van der Waals surface area contributed by atoms with E-state index in [1.807, 2.05) is 24.6 Å². The number of hydrogen-bond acceptors (Lipinski definition) is 8. The van der Waals surface area contributed by atoms with Crippen molar-refractivity contribution in [3.8, 4) is 5.75 Å². The molecule has 0 radical (unpaired) electrons. The molecule has 0 aliphatic heterocycles. The van der Waals surface area contributed by atoms with E-state index in [4.69, 9.17) is 19.9 Å². The number of methoxy groups -OCH3 is 1. The zero-order valence-electron chi connectivity index (χ0n) is 23.6. The number of hydrogen-bond donors (Lipinski definition) is 1. The number of ether oxygens (including phenoxy) is 3. The zero-order chi connectivity index (χ0) is 30.1. The van der Waals surface area contributed by atoms with E-state index in [2.05, 4.69) is 15.0 Å². The number of aromatic nitrogens is 3. The van der Waals surface area contributed by atoms with Gasteiger partial charge in [0, 0.05) is 30.9 Å². The lowest BCUT2D eigenvalue weighted by atomic mass is 10.1. The largest absolute Gasteiger partial charge is 0.486 e. The first-order valence-electron chi connectivity index (χ1n) is 13.3. The predicted octanol–water partition coefficient (Wildman–Crippen LogP) is 4.01. The standard InChI is InChI=1S/C30H32N6O6/c1-4-17-41-30(39)34-28(31)20-8-11-22(12-9-20)42-19-26-33-23-18-21(10-13-24(23)35(26)2)29(38)36(16-14-27(37)40-3)25-7-5-6-15-32-25/h5-13,15,18H,4,14,16-17,19H2,1-3H3,(H2,31,34,39). The second-order valence-electron chi connectivity index (χ2n) is 9.19. The van der Waals surface area contributed by atoms with Gasteiger partial charge >= 0.3 is 12.1 Å². The average Bonchev–Trinajstić information content (AvgIpc) is 3.33. The number of esters is 1. The molecule has 0 fully saturated rings. The molecule has 2 aromatic carbocycles. The van der Waals surface area contributed by atoms with Crippen molar-refractivity contribution in [2.45, 2.75) is 26.4 Å². The van der Waals surface area contributed by atoms with E-state index in [1.54, 1.807) is 60.8 Å².